The van der Waals surface area contributed by atoms with E-state index in [-0.39, 0.29) is 5.78 Å². The number of fused-ring (bicyclic) bond motifs is 1. The molecule has 0 saturated carbocycles. The number of hydrogen-bond acceptors (Lipinski definition) is 6. The number of carbonyl (C=O) groups is 1. The number of Topliss-reactive ketones (excluding diaryl/α,β-unsaturated/α-hetero) is 1. The van der Waals surface area contributed by atoms with E-state index in [1.54, 1.807) is 13.3 Å². The van der Waals surface area contributed by atoms with Crippen molar-refractivity contribution in [1.82, 2.24) is 14.9 Å². The van der Waals surface area contributed by atoms with E-state index < -0.39 is 0 Å². The first-order valence-electron chi connectivity index (χ1n) is 10.9. The maximum atomic E-state index is 13.0. The number of likely N-dealkylation sites (tertiary alicyclic amines) is 1. The first-order valence-corrected chi connectivity index (χ1v) is 10.9. The SMILES string of the molecule is COc1cc(C(=O)Cc2cccc(-c3nc4ncccc4o3)c2)ccc1CN1CCCC1. The second-order valence-electron chi connectivity index (χ2n) is 8.15. The summed E-state index contributed by atoms with van der Waals surface area (Å²) >= 11 is 0. The van der Waals surface area contributed by atoms with Crippen LogP contribution in [0.4, 0.5) is 0 Å². The Balaban J connectivity index is 1.34. The van der Waals surface area contributed by atoms with Crippen LogP contribution in [0.5, 0.6) is 5.75 Å². The van der Waals surface area contributed by atoms with Crippen molar-refractivity contribution in [2.24, 2.45) is 0 Å². The van der Waals surface area contributed by atoms with Crippen LogP contribution in [0.2, 0.25) is 0 Å². The third-order valence-corrected chi connectivity index (χ3v) is 5.91. The third kappa shape index (κ3) is 4.27. The molecule has 0 aliphatic carbocycles. The van der Waals surface area contributed by atoms with E-state index in [1.165, 1.54) is 12.8 Å². The molecule has 0 atom stereocenters. The molecule has 0 N–H and O–H groups in total. The van der Waals surface area contributed by atoms with Gasteiger partial charge in [0.1, 0.15) is 5.75 Å². The number of oxazole rings is 1. The summed E-state index contributed by atoms with van der Waals surface area (Å²) in [7, 11) is 1.66. The first-order chi connectivity index (χ1) is 15.7. The minimum Gasteiger partial charge on any atom is -0.496 e. The number of aromatic nitrogens is 2. The Morgan fingerprint density at radius 1 is 1.09 bits per heavy atom. The smallest absolute Gasteiger partial charge is 0.228 e. The number of ketones is 1. The van der Waals surface area contributed by atoms with Crippen LogP contribution in [0.1, 0.15) is 34.3 Å². The molecule has 32 heavy (non-hydrogen) atoms. The average molecular weight is 428 g/mol. The first kappa shape index (κ1) is 20.4. The lowest BCUT2D eigenvalue weighted by Crippen LogP contribution is -2.19. The van der Waals surface area contributed by atoms with Crippen molar-refractivity contribution in [2.45, 2.75) is 25.8 Å². The Labute approximate surface area is 186 Å². The molecule has 4 aromatic rings. The fourth-order valence-electron chi connectivity index (χ4n) is 4.22. The fourth-order valence-corrected chi connectivity index (χ4v) is 4.22. The Morgan fingerprint density at radius 2 is 1.97 bits per heavy atom. The van der Waals surface area contributed by atoms with Gasteiger partial charge in [-0.05, 0) is 61.8 Å². The summed E-state index contributed by atoms with van der Waals surface area (Å²) in [6.07, 6.45) is 4.48. The van der Waals surface area contributed by atoms with Crippen LogP contribution in [-0.4, -0.2) is 40.9 Å². The Morgan fingerprint density at radius 3 is 2.78 bits per heavy atom. The molecule has 0 spiro atoms. The van der Waals surface area contributed by atoms with Gasteiger partial charge < -0.3 is 9.15 Å². The number of benzene rings is 2. The lowest BCUT2D eigenvalue weighted by molar-refractivity contribution is 0.0992. The highest BCUT2D eigenvalue weighted by molar-refractivity contribution is 5.98. The Hall–Kier alpha value is -3.51. The third-order valence-electron chi connectivity index (χ3n) is 5.91. The number of hydrogen-bond donors (Lipinski definition) is 0. The van der Waals surface area contributed by atoms with Crippen molar-refractivity contribution < 1.29 is 13.9 Å². The molecule has 1 fully saturated rings. The van der Waals surface area contributed by atoms with Crippen molar-refractivity contribution in [3.8, 4) is 17.2 Å². The molecule has 6 nitrogen and oxygen atoms in total. The van der Waals surface area contributed by atoms with E-state index in [1.807, 2.05) is 54.6 Å². The zero-order valence-electron chi connectivity index (χ0n) is 18.1. The highest BCUT2D eigenvalue weighted by atomic mass is 16.5. The Bertz CT molecular complexity index is 1230. The van der Waals surface area contributed by atoms with E-state index >= 15 is 0 Å². The molecule has 162 valence electrons. The maximum Gasteiger partial charge on any atom is 0.228 e. The van der Waals surface area contributed by atoms with Gasteiger partial charge in [0.05, 0.1) is 7.11 Å². The molecule has 0 bridgehead atoms. The second-order valence-corrected chi connectivity index (χ2v) is 8.15. The zero-order valence-corrected chi connectivity index (χ0v) is 18.1. The van der Waals surface area contributed by atoms with E-state index in [0.717, 1.165) is 42.1 Å². The molecule has 2 aromatic heterocycles. The van der Waals surface area contributed by atoms with Crippen LogP contribution in [0.15, 0.2) is 65.2 Å². The summed E-state index contributed by atoms with van der Waals surface area (Å²) in [5.41, 5.74) is 4.73. The molecule has 6 heteroatoms. The number of rotatable bonds is 7. The van der Waals surface area contributed by atoms with Gasteiger partial charge in [-0.25, -0.2) is 4.98 Å². The summed E-state index contributed by atoms with van der Waals surface area (Å²) in [6.45, 7) is 3.10. The molecular weight excluding hydrogens is 402 g/mol. The van der Waals surface area contributed by atoms with Crippen molar-refractivity contribution in [3.05, 3.63) is 77.5 Å². The van der Waals surface area contributed by atoms with Crippen molar-refractivity contribution in [3.63, 3.8) is 0 Å². The van der Waals surface area contributed by atoms with Gasteiger partial charge >= 0.3 is 0 Å². The molecule has 0 unspecified atom stereocenters. The number of nitrogens with zero attached hydrogens (tertiary/aromatic N) is 3. The minimum absolute atomic E-state index is 0.0485. The topological polar surface area (TPSA) is 68.5 Å². The maximum absolute atomic E-state index is 13.0. The molecule has 0 radical (unpaired) electrons. The number of pyridine rings is 1. The molecule has 1 saturated heterocycles. The van der Waals surface area contributed by atoms with Gasteiger partial charge in [-0.15, -0.1) is 0 Å². The summed E-state index contributed by atoms with van der Waals surface area (Å²) < 4.78 is 11.4. The molecule has 1 aliphatic rings. The largest absolute Gasteiger partial charge is 0.496 e. The monoisotopic (exact) mass is 427 g/mol. The van der Waals surface area contributed by atoms with Crippen LogP contribution in [0.25, 0.3) is 22.7 Å². The molecule has 1 aliphatic heterocycles. The van der Waals surface area contributed by atoms with Gasteiger partial charge in [-0.1, -0.05) is 24.3 Å². The highest BCUT2D eigenvalue weighted by Crippen LogP contribution is 2.26. The van der Waals surface area contributed by atoms with Crippen LogP contribution in [0, 0.1) is 0 Å². The summed E-state index contributed by atoms with van der Waals surface area (Å²) in [4.78, 5) is 24.1. The van der Waals surface area contributed by atoms with E-state index in [0.29, 0.717) is 29.1 Å². The summed E-state index contributed by atoms with van der Waals surface area (Å²) in [5, 5.41) is 0. The number of methoxy groups -OCH3 is 1. The van der Waals surface area contributed by atoms with Gasteiger partial charge in [-0.3, -0.25) is 9.69 Å². The summed E-state index contributed by atoms with van der Waals surface area (Å²) in [5.74, 6) is 1.32. The van der Waals surface area contributed by atoms with Crippen LogP contribution < -0.4 is 4.74 Å². The lowest BCUT2D eigenvalue weighted by Gasteiger charge is -2.17. The summed E-state index contributed by atoms with van der Waals surface area (Å²) in [6, 6.07) is 17.2. The number of ether oxygens (including phenoxy) is 1. The predicted octanol–water partition coefficient (Wildman–Crippen LogP) is 4.92. The molecular formula is C26H25N3O3. The zero-order chi connectivity index (χ0) is 21.9. The van der Waals surface area contributed by atoms with Crippen LogP contribution in [0.3, 0.4) is 0 Å². The highest BCUT2D eigenvalue weighted by Gasteiger charge is 2.17. The predicted molar refractivity (Wildman–Crippen MR) is 123 cm³/mol. The standard InChI is InChI=1S/C26H25N3O3/c1-31-24-16-19(9-10-21(24)17-29-12-2-3-13-29)22(30)15-18-6-4-7-20(14-18)26-28-25-23(32-26)8-5-11-27-25/h4-11,14,16H,2-3,12-13,15,17H2,1H3. The van der Waals surface area contributed by atoms with Gasteiger partial charge in [-0.2, -0.15) is 4.98 Å². The van der Waals surface area contributed by atoms with Crippen molar-refractivity contribution in [1.29, 1.82) is 0 Å². The van der Waals surface area contributed by atoms with Crippen molar-refractivity contribution in [2.75, 3.05) is 20.2 Å². The fraction of sp³-hybridized carbons (Fsp3) is 0.269. The molecule has 0 amide bonds. The molecule has 3 heterocycles. The lowest BCUT2D eigenvalue weighted by atomic mass is 10.00. The quantitative estimate of drug-likeness (QED) is 0.390. The molecule has 2 aromatic carbocycles. The van der Waals surface area contributed by atoms with E-state index in [4.69, 9.17) is 9.15 Å². The van der Waals surface area contributed by atoms with E-state index in [2.05, 4.69) is 14.9 Å². The van der Waals surface area contributed by atoms with Gasteiger partial charge in [0.2, 0.25) is 5.89 Å². The van der Waals surface area contributed by atoms with Gasteiger partial charge in [0, 0.05) is 35.9 Å². The van der Waals surface area contributed by atoms with E-state index in [9.17, 15) is 4.79 Å². The van der Waals surface area contributed by atoms with Gasteiger partial charge in [0.15, 0.2) is 17.0 Å². The van der Waals surface area contributed by atoms with Crippen molar-refractivity contribution >= 4 is 17.0 Å². The minimum atomic E-state index is 0.0485. The second kappa shape index (κ2) is 8.93. The van der Waals surface area contributed by atoms with Crippen LogP contribution in [-0.2, 0) is 13.0 Å². The van der Waals surface area contributed by atoms with Gasteiger partial charge in [0.25, 0.3) is 0 Å². The number of carbonyl (C=O) groups excluding carboxylic acids is 1. The average Bonchev–Trinajstić information content (AvgIpc) is 3.49. The normalized spacial score (nSPS) is 14.2. The Kier molecular flexibility index (Phi) is 5.69. The van der Waals surface area contributed by atoms with Crippen LogP contribution >= 0.6 is 0 Å². The molecule has 5 rings (SSSR count).